The van der Waals surface area contributed by atoms with Gasteiger partial charge < -0.3 is 9.80 Å². The normalized spacial score (nSPS) is 11.0. The Morgan fingerprint density at radius 2 is 1.83 bits per heavy atom. The molecule has 0 saturated heterocycles. The van der Waals surface area contributed by atoms with Gasteiger partial charge in [0.15, 0.2) is 0 Å². The number of thiophene rings is 1. The topological polar surface area (TPSA) is 23.6 Å². The van der Waals surface area contributed by atoms with Gasteiger partial charge in [-0.3, -0.25) is 4.79 Å². The number of rotatable bonds is 6. The zero-order valence-corrected chi connectivity index (χ0v) is 16.8. The van der Waals surface area contributed by atoms with Crippen molar-refractivity contribution < 1.29 is 9.18 Å². The predicted octanol–water partition coefficient (Wildman–Crippen LogP) is 4.62. The summed E-state index contributed by atoms with van der Waals surface area (Å²) in [6.45, 7) is 1.83. The second-order valence-corrected chi connectivity index (χ2v) is 8.61. The summed E-state index contributed by atoms with van der Waals surface area (Å²) in [6, 6.07) is 8.09. The molecule has 1 amide bonds. The second-order valence-electron chi connectivity index (χ2n) is 5.39. The summed E-state index contributed by atoms with van der Waals surface area (Å²) in [5, 5.41) is 0. The van der Waals surface area contributed by atoms with Gasteiger partial charge >= 0.3 is 0 Å². The highest BCUT2D eigenvalue weighted by molar-refractivity contribution is 9.13. The Balaban J connectivity index is 2.18. The Hall–Kier alpha value is -0.760. The summed E-state index contributed by atoms with van der Waals surface area (Å²) in [5.41, 5.74) is 0.910. The molecule has 3 nitrogen and oxygen atoms in total. The van der Waals surface area contributed by atoms with Gasteiger partial charge in [0.05, 0.1) is 8.66 Å². The standard InChI is InChI=1S/C16H17Br2FN2OS/c1-20(2)7-8-21(10-11-3-5-12(19)6-4-11)16(22)14-9-13(17)15(18)23-14/h3-6,9H,7-8,10H2,1-2H3. The summed E-state index contributed by atoms with van der Waals surface area (Å²) in [6.07, 6.45) is 0. The number of benzene rings is 1. The Kier molecular flexibility index (Phi) is 6.76. The maximum absolute atomic E-state index is 13.1. The third-order valence-corrected chi connectivity index (χ3v) is 6.49. The monoisotopic (exact) mass is 462 g/mol. The number of amides is 1. The Morgan fingerprint density at radius 3 is 2.35 bits per heavy atom. The third-order valence-electron chi connectivity index (χ3n) is 3.25. The number of carbonyl (C=O) groups excluding carboxylic acids is 1. The molecule has 0 aliphatic carbocycles. The molecule has 0 aliphatic heterocycles. The van der Waals surface area contributed by atoms with E-state index in [2.05, 4.69) is 31.9 Å². The lowest BCUT2D eigenvalue weighted by Gasteiger charge is -2.24. The van der Waals surface area contributed by atoms with E-state index in [9.17, 15) is 9.18 Å². The fourth-order valence-corrected chi connectivity index (χ4v) is 3.99. The molecule has 0 radical (unpaired) electrons. The summed E-state index contributed by atoms with van der Waals surface area (Å²) in [7, 11) is 3.94. The SMILES string of the molecule is CN(C)CCN(Cc1ccc(F)cc1)C(=O)c1cc(Br)c(Br)s1. The van der Waals surface area contributed by atoms with Gasteiger partial charge in [-0.25, -0.2) is 4.39 Å². The fraction of sp³-hybridized carbons (Fsp3) is 0.312. The van der Waals surface area contributed by atoms with Gasteiger partial charge in [0.25, 0.3) is 5.91 Å². The quantitative estimate of drug-likeness (QED) is 0.624. The van der Waals surface area contributed by atoms with Crippen LogP contribution in [0.4, 0.5) is 4.39 Å². The van der Waals surface area contributed by atoms with Crippen molar-refractivity contribution >= 4 is 49.1 Å². The van der Waals surface area contributed by atoms with Gasteiger partial charge in [-0.2, -0.15) is 0 Å². The van der Waals surface area contributed by atoms with Crippen LogP contribution in [0.15, 0.2) is 38.6 Å². The molecular formula is C16H17Br2FN2OS. The summed E-state index contributed by atoms with van der Waals surface area (Å²) in [5.74, 6) is -0.293. The highest BCUT2D eigenvalue weighted by atomic mass is 79.9. The fourth-order valence-electron chi connectivity index (χ4n) is 1.99. The van der Waals surface area contributed by atoms with E-state index in [0.717, 1.165) is 20.4 Å². The largest absolute Gasteiger partial charge is 0.332 e. The molecule has 7 heteroatoms. The van der Waals surface area contributed by atoms with Gasteiger partial charge in [0.2, 0.25) is 0 Å². The molecule has 23 heavy (non-hydrogen) atoms. The van der Waals surface area contributed by atoms with Crippen molar-refractivity contribution in [3.63, 3.8) is 0 Å². The summed E-state index contributed by atoms with van der Waals surface area (Å²) >= 11 is 8.24. The van der Waals surface area contributed by atoms with Crippen molar-refractivity contribution in [1.82, 2.24) is 9.80 Å². The molecule has 1 aromatic heterocycles. The van der Waals surface area contributed by atoms with E-state index >= 15 is 0 Å². The molecule has 0 bridgehead atoms. The van der Waals surface area contributed by atoms with Crippen LogP contribution in [0.1, 0.15) is 15.2 Å². The van der Waals surface area contributed by atoms with Crippen LogP contribution in [-0.2, 0) is 6.54 Å². The minimum absolute atomic E-state index is 0.0208. The third kappa shape index (κ3) is 5.38. The van der Waals surface area contributed by atoms with Gasteiger partial charge in [-0.1, -0.05) is 12.1 Å². The lowest BCUT2D eigenvalue weighted by molar-refractivity contribution is 0.0737. The molecule has 1 aromatic carbocycles. The molecule has 0 spiro atoms. The summed E-state index contributed by atoms with van der Waals surface area (Å²) < 4.78 is 14.8. The van der Waals surface area contributed by atoms with Gasteiger partial charge in [-0.05, 0) is 69.7 Å². The Labute approximate surface area is 156 Å². The van der Waals surface area contributed by atoms with Crippen LogP contribution in [0.25, 0.3) is 0 Å². The van der Waals surface area contributed by atoms with Crippen LogP contribution < -0.4 is 0 Å². The van der Waals surface area contributed by atoms with E-state index in [0.29, 0.717) is 18.0 Å². The molecule has 2 rings (SSSR count). The molecule has 0 N–H and O–H groups in total. The molecule has 0 saturated carbocycles. The molecule has 2 aromatic rings. The van der Waals surface area contributed by atoms with Crippen LogP contribution in [0.3, 0.4) is 0 Å². The molecule has 0 aliphatic rings. The van der Waals surface area contributed by atoms with Crippen LogP contribution >= 0.6 is 43.2 Å². The predicted molar refractivity (Wildman–Crippen MR) is 99.4 cm³/mol. The second kappa shape index (κ2) is 8.37. The average Bonchev–Trinajstić information content (AvgIpc) is 2.84. The smallest absolute Gasteiger partial charge is 0.264 e. The maximum Gasteiger partial charge on any atom is 0.264 e. The highest BCUT2D eigenvalue weighted by Crippen LogP contribution is 2.33. The van der Waals surface area contributed by atoms with E-state index in [1.165, 1.54) is 23.5 Å². The molecule has 124 valence electrons. The van der Waals surface area contributed by atoms with E-state index in [1.54, 1.807) is 17.0 Å². The lowest BCUT2D eigenvalue weighted by atomic mass is 10.2. The minimum atomic E-state index is -0.272. The molecule has 0 unspecified atom stereocenters. The first-order chi connectivity index (χ1) is 10.9. The van der Waals surface area contributed by atoms with Crippen molar-refractivity contribution in [3.05, 3.63) is 54.8 Å². The number of hydrogen-bond acceptors (Lipinski definition) is 3. The number of hydrogen-bond donors (Lipinski definition) is 0. The van der Waals surface area contributed by atoms with Crippen LogP contribution in [-0.4, -0.2) is 42.9 Å². The number of halogens is 3. The zero-order valence-electron chi connectivity index (χ0n) is 12.9. The summed E-state index contributed by atoms with van der Waals surface area (Å²) in [4.78, 5) is 17.3. The first-order valence-electron chi connectivity index (χ1n) is 7.00. The highest BCUT2D eigenvalue weighted by Gasteiger charge is 2.19. The minimum Gasteiger partial charge on any atom is -0.332 e. The van der Waals surface area contributed by atoms with E-state index in [-0.39, 0.29) is 11.7 Å². The van der Waals surface area contributed by atoms with E-state index in [4.69, 9.17) is 0 Å². The zero-order chi connectivity index (χ0) is 17.0. The van der Waals surface area contributed by atoms with Crippen LogP contribution in [0, 0.1) is 5.82 Å². The molecule has 0 fully saturated rings. The maximum atomic E-state index is 13.1. The number of nitrogens with zero attached hydrogens (tertiary/aromatic N) is 2. The van der Waals surface area contributed by atoms with E-state index < -0.39 is 0 Å². The van der Waals surface area contributed by atoms with Gasteiger partial charge in [0.1, 0.15) is 5.82 Å². The van der Waals surface area contributed by atoms with Crippen molar-refractivity contribution in [2.45, 2.75) is 6.54 Å². The molecule has 0 atom stereocenters. The first-order valence-corrected chi connectivity index (χ1v) is 9.40. The van der Waals surface area contributed by atoms with Crippen LogP contribution in [0.5, 0.6) is 0 Å². The molecule has 1 heterocycles. The van der Waals surface area contributed by atoms with Crippen molar-refractivity contribution in [2.24, 2.45) is 0 Å². The number of likely N-dealkylation sites (N-methyl/N-ethyl adjacent to an activating group) is 1. The molecular weight excluding hydrogens is 447 g/mol. The van der Waals surface area contributed by atoms with Gasteiger partial charge in [0, 0.05) is 24.1 Å². The van der Waals surface area contributed by atoms with Gasteiger partial charge in [-0.15, -0.1) is 11.3 Å². The first kappa shape index (κ1) is 18.6. The lowest BCUT2D eigenvalue weighted by Crippen LogP contribution is -2.35. The van der Waals surface area contributed by atoms with Crippen molar-refractivity contribution in [3.8, 4) is 0 Å². The van der Waals surface area contributed by atoms with Crippen LogP contribution in [0.2, 0.25) is 0 Å². The number of carbonyl (C=O) groups is 1. The van der Waals surface area contributed by atoms with Crippen molar-refractivity contribution in [1.29, 1.82) is 0 Å². The van der Waals surface area contributed by atoms with E-state index in [1.807, 2.05) is 25.1 Å². The Morgan fingerprint density at radius 1 is 1.17 bits per heavy atom. The Bertz CT molecular complexity index is 654. The van der Waals surface area contributed by atoms with Crippen molar-refractivity contribution in [2.75, 3.05) is 27.2 Å². The average molecular weight is 464 g/mol.